The molecule has 0 aromatic rings. The number of hydrogen-bond acceptors (Lipinski definition) is 6. The van der Waals surface area contributed by atoms with Gasteiger partial charge in [0.2, 0.25) is 0 Å². The Kier molecular flexibility index (Phi) is 29.1. The molecular formula is C33H71N3O3. The van der Waals surface area contributed by atoms with Crippen LogP contribution in [0.5, 0.6) is 0 Å². The van der Waals surface area contributed by atoms with Crippen LogP contribution >= 0.6 is 0 Å². The Morgan fingerprint density at radius 3 is 0.897 bits per heavy atom. The van der Waals surface area contributed by atoms with E-state index in [1.807, 2.05) is 0 Å². The Morgan fingerprint density at radius 1 is 0.385 bits per heavy atom. The molecule has 3 unspecified atom stereocenters. The summed E-state index contributed by atoms with van der Waals surface area (Å²) < 4.78 is 0. The van der Waals surface area contributed by atoms with Gasteiger partial charge < -0.3 is 15.3 Å². The third-order valence-electron chi connectivity index (χ3n) is 8.13. The van der Waals surface area contributed by atoms with E-state index >= 15 is 0 Å². The molecular weight excluding hydrogens is 486 g/mol. The maximum absolute atomic E-state index is 11.0. The molecule has 3 atom stereocenters. The second kappa shape index (κ2) is 29.3. The number of rotatable bonds is 31. The zero-order valence-electron chi connectivity index (χ0n) is 26.6. The van der Waals surface area contributed by atoms with E-state index in [0.717, 1.165) is 38.5 Å². The van der Waals surface area contributed by atoms with Crippen molar-refractivity contribution in [2.24, 2.45) is 5.84 Å². The summed E-state index contributed by atoms with van der Waals surface area (Å²) >= 11 is 0. The van der Waals surface area contributed by atoms with Crippen molar-refractivity contribution in [3.8, 4) is 0 Å². The molecule has 0 amide bonds. The Balaban J connectivity index is 4.59. The Bertz CT molecular complexity index is 457. The van der Waals surface area contributed by atoms with E-state index in [4.69, 9.17) is 5.84 Å². The molecule has 0 aliphatic carbocycles. The zero-order chi connectivity index (χ0) is 29.0. The number of aliphatic hydroxyl groups excluding tert-OH is 3. The van der Waals surface area contributed by atoms with Gasteiger partial charge in [-0.1, -0.05) is 156 Å². The average molecular weight is 558 g/mol. The fraction of sp³-hybridized carbons (Fsp3) is 1.00. The van der Waals surface area contributed by atoms with Crippen LogP contribution in [-0.4, -0.2) is 44.1 Å². The van der Waals surface area contributed by atoms with Crippen molar-refractivity contribution < 1.29 is 15.3 Å². The Morgan fingerprint density at radius 2 is 0.615 bits per heavy atom. The third kappa shape index (κ3) is 23.1. The van der Waals surface area contributed by atoms with Crippen LogP contribution < -0.4 is 5.84 Å². The summed E-state index contributed by atoms with van der Waals surface area (Å²) in [5.41, 5.74) is 0. The number of hydrazine groups is 2. The van der Waals surface area contributed by atoms with E-state index in [0.29, 0.717) is 19.3 Å². The highest BCUT2D eigenvalue weighted by atomic mass is 16.4. The van der Waals surface area contributed by atoms with Gasteiger partial charge in [0.05, 0.1) is 0 Å². The molecule has 0 saturated carbocycles. The summed E-state index contributed by atoms with van der Waals surface area (Å²) in [6, 6.07) is 0. The first kappa shape index (κ1) is 38.8. The number of nitrogens with two attached hydrogens (primary N) is 1. The largest absolute Gasteiger partial charge is 0.377 e. The van der Waals surface area contributed by atoms with Gasteiger partial charge in [-0.2, -0.15) is 5.01 Å². The minimum absolute atomic E-state index is 0.553. The van der Waals surface area contributed by atoms with Gasteiger partial charge in [-0.25, -0.2) is 0 Å². The van der Waals surface area contributed by atoms with Crippen molar-refractivity contribution in [2.45, 2.75) is 213 Å². The topological polar surface area (TPSA) is 93.2 Å². The molecule has 0 saturated heterocycles. The van der Waals surface area contributed by atoms with Crippen molar-refractivity contribution in [3.63, 3.8) is 0 Å². The van der Waals surface area contributed by atoms with Gasteiger partial charge in [0.1, 0.15) is 18.7 Å². The summed E-state index contributed by atoms with van der Waals surface area (Å²) in [6.45, 7) is 6.72. The van der Waals surface area contributed by atoms with Crippen LogP contribution in [0.25, 0.3) is 0 Å². The first-order valence-electron chi connectivity index (χ1n) is 17.4. The molecule has 236 valence electrons. The minimum Gasteiger partial charge on any atom is -0.377 e. The maximum atomic E-state index is 11.0. The van der Waals surface area contributed by atoms with Gasteiger partial charge in [0.15, 0.2) is 0 Å². The van der Waals surface area contributed by atoms with Crippen LogP contribution in [0.2, 0.25) is 0 Å². The highest BCUT2D eigenvalue weighted by molar-refractivity contribution is 4.66. The van der Waals surface area contributed by atoms with E-state index in [1.165, 1.54) is 126 Å². The average Bonchev–Trinajstić information content (AvgIpc) is 2.93. The maximum Gasteiger partial charge on any atom is 0.134 e. The van der Waals surface area contributed by atoms with Gasteiger partial charge in [-0.3, -0.25) is 5.84 Å². The summed E-state index contributed by atoms with van der Waals surface area (Å²) in [7, 11) is 0. The number of hydrogen-bond donors (Lipinski definition) is 4. The van der Waals surface area contributed by atoms with E-state index < -0.39 is 18.7 Å². The van der Waals surface area contributed by atoms with Crippen molar-refractivity contribution in [1.29, 1.82) is 0 Å². The predicted molar refractivity (Wildman–Crippen MR) is 168 cm³/mol. The van der Waals surface area contributed by atoms with Crippen LogP contribution in [0, 0.1) is 0 Å². The molecule has 0 bridgehead atoms. The van der Waals surface area contributed by atoms with Crippen LogP contribution in [0.4, 0.5) is 0 Å². The molecule has 0 aromatic heterocycles. The smallest absolute Gasteiger partial charge is 0.134 e. The lowest BCUT2D eigenvalue weighted by Crippen LogP contribution is -2.61. The zero-order valence-corrected chi connectivity index (χ0v) is 26.6. The monoisotopic (exact) mass is 558 g/mol. The van der Waals surface area contributed by atoms with Crippen LogP contribution in [-0.2, 0) is 0 Å². The van der Waals surface area contributed by atoms with Gasteiger partial charge in [0.25, 0.3) is 0 Å². The molecule has 0 rings (SSSR count). The molecule has 39 heavy (non-hydrogen) atoms. The Labute approximate surface area is 244 Å². The lowest BCUT2D eigenvalue weighted by Gasteiger charge is -2.40. The summed E-state index contributed by atoms with van der Waals surface area (Å²) in [6.07, 6.45) is 27.9. The normalized spacial score (nSPS) is 14.4. The Hall–Kier alpha value is -0.240. The highest BCUT2D eigenvalue weighted by Gasteiger charge is 2.30. The molecule has 5 N–H and O–H groups in total. The molecule has 0 spiro atoms. The van der Waals surface area contributed by atoms with Gasteiger partial charge in [-0.05, 0) is 38.5 Å². The molecule has 6 nitrogen and oxygen atoms in total. The van der Waals surface area contributed by atoms with Crippen molar-refractivity contribution in [1.82, 2.24) is 10.1 Å². The second-order valence-corrected chi connectivity index (χ2v) is 12.0. The van der Waals surface area contributed by atoms with Gasteiger partial charge >= 0.3 is 0 Å². The van der Waals surface area contributed by atoms with Gasteiger partial charge in [0, 0.05) is 0 Å². The SMILES string of the molecule is CCCCCCCCCCC(O)N(N)N(C(O)CCCCCCCCCC)C(O)CCCCCCCCCC. The minimum atomic E-state index is -0.897. The van der Waals surface area contributed by atoms with Crippen molar-refractivity contribution >= 4 is 0 Å². The molecule has 0 aliphatic rings. The van der Waals surface area contributed by atoms with Crippen LogP contribution in [0.15, 0.2) is 0 Å². The fourth-order valence-corrected chi connectivity index (χ4v) is 5.44. The number of unbranched alkanes of at least 4 members (excludes halogenated alkanes) is 21. The molecule has 0 aliphatic heterocycles. The second-order valence-electron chi connectivity index (χ2n) is 12.0. The summed E-state index contributed by atoms with van der Waals surface area (Å²) in [5.74, 6) is 6.35. The summed E-state index contributed by atoms with van der Waals surface area (Å²) in [4.78, 5) is 0. The molecule has 6 heteroatoms. The molecule has 0 aromatic carbocycles. The quantitative estimate of drug-likeness (QED) is 0.0294. The predicted octanol–water partition coefficient (Wildman–Crippen LogP) is 8.93. The lowest BCUT2D eigenvalue weighted by molar-refractivity contribution is -0.267. The highest BCUT2D eigenvalue weighted by Crippen LogP contribution is 2.20. The van der Waals surface area contributed by atoms with E-state index in [9.17, 15) is 15.3 Å². The number of nitrogens with zero attached hydrogens (tertiary/aromatic N) is 2. The molecule has 0 radical (unpaired) electrons. The van der Waals surface area contributed by atoms with Crippen LogP contribution in [0.1, 0.15) is 194 Å². The summed E-state index contributed by atoms with van der Waals surface area (Å²) in [5, 5.41) is 35.6. The van der Waals surface area contributed by atoms with E-state index in [1.54, 1.807) is 0 Å². The fourth-order valence-electron chi connectivity index (χ4n) is 5.44. The first-order chi connectivity index (χ1) is 19.0. The number of aliphatic hydroxyl groups is 3. The molecule has 0 heterocycles. The van der Waals surface area contributed by atoms with Crippen molar-refractivity contribution in [3.05, 3.63) is 0 Å². The standard InChI is InChI=1S/C33H71N3O3/c1-4-7-10-13-16-19-22-25-28-31(37)35(32(38)29-26-23-20-17-14-11-8-5-2)36(34)33(39)30-27-24-21-18-15-12-9-6-3/h31-33,37-39H,4-30,34H2,1-3H3. The first-order valence-corrected chi connectivity index (χ1v) is 17.4. The lowest BCUT2D eigenvalue weighted by atomic mass is 10.1. The van der Waals surface area contributed by atoms with Crippen LogP contribution in [0.3, 0.4) is 0 Å². The van der Waals surface area contributed by atoms with E-state index in [-0.39, 0.29) is 0 Å². The van der Waals surface area contributed by atoms with Crippen molar-refractivity contribution in [2.75, 3.05) is 0 Å². The van der Waals surface area contributed by atoms with E-state index in [2.05, 4.69) is 20.8 Å². The third-order valence-corrected chi connectivity index (χ3v) is 8.13. The molecule has 0 fully saturated rings. The van der Waals surface area contributed by atoms with Gasteiger partial charge in [-0.15, -0.1) is 5.12 Å².